The summed E-state index contributed by atoms with van der Waals surface area (Å²) in [5, 5.41) is 3.30. The van der Waals surface area contributed by atoms with Crippen LogP contribution in [0.2, 0.25) is 0 Å². The van der Waals surface area contributed by atoms with Crippen LogP contribution < -0.4 is 10.6 Å². The van der Waals surface area contributed by atoms with Gasteiger partial charge in [-0.05, 0) is 37.1 Å². The van der Waals surface area contributed by atoms with Crippen molar-refractivity contribution in [3.8, 4) is 0 Å². The summed E-state index contributed by atoms with van der Waals surface area (Å²) in [5.41, 5.74) is 6.13. The number of thiophene rings is 1. The Morgan fingerprint density at radius 1 is 1.22 bits per heavy atom. The van der Waals surface area contributed by atoms with Crippen molar-refractivity contribution in [1.82, 2.24) is 9.97 Å². The maximum Gasteiger partial charge on any atom is 0.141 e. The average molecular weight is 260 g/mol. The minimum absolute atomic E-state index is 0.374. The van der Waals surface area contributed by atoms with Gasteiger partial charge in [-0.2, -0.15) is 0 Å². The van der Waals surface area contributed by atoms with E-state index in [0.29, 0.717) is 18.1 Å². The van der Waals surface area contributed by atoms with E-state index in [0.717, 1.165) is 23.5 Å². The maximum atomic E-state index is 6.13. The fourth-order valence-corrected chi connectivity index (χ4v) is 4.27. The van der Waals surface area contributed by atoms with Crippen molar-refractivity contribution >= 4 is 27.4 Å². The van der Waals surface area contributed by atoms with E-state index in [1.807, 2.05) is 0 Å². The number of hydrogen-bond donors (Lipinski definition) is 1. The molecule has 4 nitrogen and oxygen atoms in total. The quantitative estimate of drug-likeness (QED) is 0.853. The first-order chi connectivity index (χ1) is 8.83. The monoisotopic (exact) mass is 260 g/mol. The van der Waals surface area contributed by atoms with Gasteiger partial charge in [-0.15, -0.1) is 11.3 Å². The molecule has 2 aliphatic rings. The first-order valence-corrected chi connectivity index (χ1v) is 7.43. The van der Waals surface area contributed by atoms with E-state index < -0.39 is 0 Å². The summed E-state index contributed by atoms with van der Waals surface area (Å²) >= 11 is 1.69. The molecular formula is C13H16N4S. The van der Waals surface area contributed by atoms with Crippen LogP contribution in [0.15, 0.2) is 17.8 Å². The third-order valence-electron chi connectivity index (χ3n) is 4.25. The molecule has 0 aromatic carbocycles. The van der Waals surface area contributed by atoms with E-state index in [9.17, 15) is 0 Å². The van der Waals surface area contributed by atoms with Gasteiger partial charge in [0, 0.05) is 18.1 Å². The molecule has 2 saturated heterocycles. The van der Waals surface area contributed by atoms with E-state index in [2.05, 4.69) is 26.3 Å². The Morgan fingerprint density at radius 2 is 2.00 bits per heavy atom. The zero-order chi connectivity index (χ0) is 12.1. The molecule has 0 radical (unpaired) electrons. The van der Waals surface area contributed by atoms with Crippen LogP contribution in [-0.2, 0) is 0 Å². The smallest absolute Gasteiger partial charge is 0.141 e. The van der Waals surface area contributed by atoms with Gasteiger partial charge >= 0.3 is 0 Å². The number of piperidine rings is 1. The minimum Gasteiger partial charge on any atom is -0.350 e. The molecule has 2 unspecified atom stereocenters. The van der Waals surface area contributed by atoms with Crippen LogP contribution in [0.1, 0.15) is 25.7 Å². The molecule has 0 spiro atoms. The number of rotatable bonds is 1. The van der Waals surface area contributed by atoms with Crippen LogP contribution in [0.5, 0.6) is 0 Å². The van der Waals surface area contributed by atoms with Gasteiger partial charge in [0.05, 0.1) is 5.39 Å². The lowest BCUT2D eigenvalue weighted by atomic mass is 9.98. The van der Waals surface area contributed by atoms with Crippen LogP contribution in [0.4, 0.5) is 5.82 Å². The Hall–Kier alpha value is -1.20. The Bertz CT molecular complexity index is 567. The van der Waals surface area contributed by atoms with Crippen molar-refractivity contribution in [3.05, 3.63) is 17.8 Å². The van der Waals surface area contributed by atoms with Crippen molar-refractivity contribution in [2.45, 2.75) is 43.8 Å². The Morgan fingerprint density at radius 3 is 2.78 bits per heavy atom. The molecule has 0 saturated carbocycles. The lowest BCUT2D eigenvalue weighted by Crippen LogP contribution is -2.47. The van der Waals surface area contributed by atoms with Crippen LogP contribution in [-0.4, -0.2) is 28.1 Å². The van der Waals surface area contributed by atoms with Gasteiger partial charge in [0.2, 0.25) is 0 Å². The molecule has 2 aromatic rings. The normalized spacial score (nSPS) is 31.2. The molecule has 4 heterocycles. The molecule has 18 heavy (non-hydrogen) atoms. The second kappa shape index (κ2) is 3.90. The lowest BCUT2D eigenvalue weighted by molar-refractivity contribution is 0.413. The number of hydrogen-bond acceptors (Lipinski definition) is 5. The Kier molecular flexibility index (Phi) is 2.32. The van der Waals surface area contributed by atoms with E-state index in [4.69, 9.17) is 5.73 Å². The van der Waals surface area contributed by atoms with E-state index in [1.54, 1.807) is 17.7 Å². The molecule has 2 bridgehead atoms. The molecular weight excluding hydrogens is 244 g/mol. The molecule has 2 aromatic heterocycles. The summed E-state index contributed by atoms with van der Waals surface area (Å²) in [4.78, 5) is 12.5. The van der Waals surface area contributed by atoms with Crippen molar-refractivity contribution in [2.75, 3.05) is 4.90 Å². The molecule has 4 rings (SSSR count). The lowest BCUT2D eigenvalue weighted by Gasteiger charge is -2.38. The van der Waals surface area contributed by atoms with Crippen molar-refractivity contribution < 1.29 is 0 Å². The zero-order valence-electron chi connectivity index (χ0n) is 10.1. The van der Waals surface area contributed by atoms with Crippen LogP contribution in [0.25, 0.3) is 10.2 Å². The Labute approximate surface area is 110 Å². The molecule has 2 atom stereocenters. The van der Waals surface area contributed by atoms with Gasteiger partial charge in [-0.1, -0.05) is 0 Å². The van der Waals surface area contributed by atoms with Gasteiger partial charge < -0.3 is 10.6 Å². The summed E-state index contributed by atoms with van der Waals surface area (Å²) in [6, 6.07) is 3.68. The van der Waals surface area contributed by atoms with Gasteiger partial charge in [0.25, 0.3) is 0 Å². The minimum atomic E-state index is 0.374. The van der Waals surface area contributed by atoms with Gasteiger partial charge in [-0.25, -0.2) is 9.97 Å². The second-order valence-corrected chi connectivity index (χ2v) is 6.26. The third-order valence-corrected chi connectivity index (χ3v) is 5.08. The summed E-state index contributed by atoms with van der Waals surface area (Å²) in [7, 11) is 0. The fourth-order valence-electron chi connectivity index (χ4n) is 3.55. The van der Waals surface area contributed by atoms with E-state index in [1.165, 1.54) is 18.2 Å². The molecule has 2 fully saturated rings. The number of nitrogens with zero attached hydrogens (tertiary/aromatic N) is 3. The topological polar surface area (TPSA) is 55.0 Å². The fraction of sp³-hybridized carbons (Fsp3) is 0.538. The number of nitrogens with two attached hydrogens (primary N) is 1. The predicted octanol–water partition coefficient (Wildman–Crippen LogP) is 2.15. The SMILES string of the molecule is NC1CC2CCC(C1)N2c1ncnc2sccc12. The van der Waals surface area contributed by atoms with Crippen LogP contribution >= 0.6 is 11.3 Å². The number of anilines is 1. The summed E-state index contributed by atoms with van der Waals surface area (Å²) in [5.74, 6) is 1.13. The maximum absolute atomic E-state index is 6.13. The predicted molar refractivity (Wildman–Crippen MR) is 73.9 cm³/mol. The molecule has 5 heteroatoms. The van der Waals surface area contributed by atoms with Gasteiger partial charge in [0.1, 0.15) is 17.0 Å². The molecule has 2 aliphatic heterocycles. The summed E-state index contributed by atoms with van der Waals surface area (Å²) < 4.78 is 0. The molecule has 0 aliphatic carbocycles. The number of aromatic nitrogens is 2. The summed E-state index contributed by atoms with van der Waals surface area (Å²) in [6.07, 6.45) is 6.42. The first-order valence-electron chi connectivity index (χ1n) is 6.55. The van der Waals surface area contributed by atoms with Gasteiger partial charge in [0.15, 0.2) is 0 Å². The van der Waals surface area contributed by atoms with Crippen LogP contribution in [0, 0.1) is 0 Å². The van der Waals surface area contributed by atoms with E-state index >= 15 is 0 Å². The highest BCUT2D eigenvalue weighted by molar-refractivity contribution is 7.16. The third kappa shape index (κ3) is 1.47. The molecule has 0 amide bonds. The number of fused-ring (bicyclic) bond motifs is 3. The second-order valence-electron chi connectivity index (χ2n) is 5.36. The zero-order valence-corrected chi connectivity index (χ0v) is 10.9. The van der Waals surface area contributed by atoms with Crippen LogP contribution in [0.3, 0.4) is 0 Å². The van der Waals surface area contributed by atoms with Crippen molar-refractivity contribution in [1.29, 1.82) is 0 Å². The highest BCUT2D eigenvalue weighted by Gasteiger charge is 2.40. The largest absolute Gasteiger partial charge is 0.350 e. The van der Waals surface area contributed by atoms with E-state index in [-0.39, 0.29) is 0 Å². The highest BCUT2D eigenvalue weighted by Crippen LogP contribution is 2.40. The Balaban J connectivity index is 1.81. The van der Waals surface area contributed by atoms with Gasteiger partial charge in [-0.3, -0.25) is 0 Å². The average Bonchev–Trinajstić information content (AvgIpc) is 2.92. The first kappa shape index (κ1) is 10.7. The molecule has 2 N–H and O–H groups in total. The molecule has 94 valence electrons. The standard InChI is InChI=1S/C13H16N4S/c14-8-5-9-1-2-10(6-8)17(9)12-11-3-4-18-13(11)16-7-15-12/h3-4,7-10H,1-2,5-6,14H2. The van der Waals surface area contributed by atoms with Crippen molar-refractivity contribution in [2.24, 2.45) is 5.73 Å². The van der Waals surface area contributed by atoms with Crippen molar-refractivity contribution in [3.63, 3.8) is 0 Å². The summed E-state index contributed by atoms with van der Waals surface area (Å²) in [6.45, 7) is 0. The highest BCUT2D eigenvalue weighted by atomic mass is 32.1.